The predicted molar refractivity (Wildman–Crippen MR) is 127 cm³/mol. The lowest BCUT2D eigenvalue weighted by atomic mass is 9.90. The molecule has 29 heavy (non-hydrogen) atoms. The van der Waals surface area contributed by atoms with Crippen molar-refractivity contribution in [1.29, 1.82) is 0 Å². The highest BCUT2D eigenvalue weighted by atomic mass is 32.1. The maximum atomic E-state index is 4.79. The van der Waals surface area contributed by atoms with Gasteiger partial charge in [-0.25, -0.2) is 9.98 Å². The van der Waals surface area contributed by atoms with Gasteiger partial charge in [-0.3, -0.25) is 0 Å². The molecule has 1 fully saturated rings. The Bertz CT molecular complexity index is 1020. The van der Waals surface area contributed by atoms with Crippen molar-refractivity contribution >= 4 is 44.6 Å². The molecule has 0 aromatic carbocycles. The number of aryl methyl sites for hydroxylation is 2. The second-order valence-electron chi connectivity index (χ2n) is 8.09. The van der Waals surface area contributed by atoms with Crippen LogP contribution in [0.2, 0.25) is 0 Å². The quantitative estimate of drug-likeness (QED) is 0.542. The summed E-state index contributed by atoms with van der Waals surface area (Å²) in [5.41, 5.74) is 7.04. The molecule has 0 amide bonds. The molecule has 2 aromatic heterocycles. The maximum Gasteiger partial charge on any atom is 0.185 e. The van der Waals surface area contributed by atoms with E-state index in [1.54, 1.807) is 27.4 Å². The van der Waals surface area contributed by atoms with E-state index in [4.69, 9.17) is 9.98 Å². The Morgan fingerprint density at radius 1 is 1.03 bits per heavy atom. The number of hydrogen-bond acceptors (Lipinski definition) is 5. The van der Waals surface area contributed by atoms with Crippen LogP contribution in [0.25, 0.3) is 5.57 Å². The van der Waals surface area contributed by atoms with E-state index in [-0.39, 0.29) is 0 Å². The zero-order chi connectivity index (χ0) is 19.6. The first-order chi connectivity index (χ1) is 14.3. The Morgan fingerprint density at radius 3 is 2.86 bits per heavy atom. The number of aliphatic imine (C=N–C) groups is 1. The molecule has 0 unspecified atom stereocenters. The maximum absolute atomic E-state index is 4.79. The van der Waals surface area contributed by atoms with Crippen LogP contribution in [0.4, 0.5) is 10.1 Å². The molecule has 5 rings (SSSR count). The molecule has 3 nitrogen and oxygen atoms in total. The minimum absolute atomic E-state index is 1.06. The van der Waals surface area contributed by atoms with Gasteiger partial charge in [0.2, 0.25) is 0 Å². The second-order valence-corrected chi connectivity index (χ2v) is 10.0. The SMILES string of the molecule is Cc1csc(N2CCC/C(=C/C3=C\C=C\C=Nc4sc5c(c43)CCCC5)CC2)n1. The summed E-state index contributed by atoms with van der Waals surface area (Å²) in [7, 11) is 0. The number of allylic oxidation sites excluding steroid dienone is 5. The first-order valence-corrected chi connectivity index (χ1v) is 12.4. The third-order valence-electron chi connectivity index (χ3n) is 5.97. The number of fused-ring (bicyclic) bond motifs is 3. The van der Waals surface area contributed by atoms with Gasteiger partial charge in [-0.05, 0) is 69.1 Å². The Morgan fingerprint density at radius 2 is 1.97 bits per heavy atom. The summed E-state index contributed by atoms with van der Waals surface area (Å²) in [5, 5.41) is 4.54. The van der Waals surface area contributed by atoms with Crippen LogP contribution in [-0.4, -0.2) is 24.3 Å². The van der Waals surface area contributed by atoms with Crippen molar-refractivity contribution < 1.29 is 0 Å². The highest BCUT2D eigenvalue weighted by Gasteiger charge is 2.23. The molecule has 150 valence electrons. The highest BCUT2D eigenvalue weighted by Crippen LogP contribution is 2.44. The smallest absolute Gasteiger partial charge is 0.185 e. The summed E-state index contributed by atoms with van der Waals surface area (Å²) in [4.78, 5) is 13.5. The topological polar surface area (TPSA) is 28.5 Å². The van der Waals surface area contributed by atoms with Crippen molar-refractivity contribution in [3.8, 4) is 0 Å². The van der Waals surface area contributed by atoms with E-state index in [1.807, 2.05) is 17.6 Å². The largest absolute Gasteiger partial charge is 0.348 e. The number of thiazole rings is 1. The van der Waals surface area contributed by atoms with E-state index >= 15 is 0 Å². The minimum Gasteiger partial charge on any atom is -0.348 e. The lowest BCUT2D eigenvalue weighted by Gasteiger charge is -2.18. The van der Waals surface area contributed by atoms with Gasteiger partial charge < -0.3 is 4.90 Å². The molecule has 0 radical (unpaired) electrons. The van der Waals surface area contributed by atoms with Crippen LogP contribution in [0.5, 0.6) is 0 Å². The Labute approximate surface area is 181 Å². The molecular weight excluding hydrogens is 394 g/mol. The third kappa shape index (κ3) is 4.03. The van der Waals surface area contributed by atoms with Crippen molar-refractivity contribution in [3.63, 3.8) is 0 Å². The molecule has 0 bridgehead atoms. The zero-order valence-electron chi connectivity index (χ0n) is 17.0. The van der Waals surface area contributed by atoms with Crippen molar-refractivity contribution in [2.24, 2.45) is 4.99 Å². The van der Waals surface area contributed by atoms with Crippen LogP contribution >= 0.6 is 22.7 Å². The second kappa shape index (κ2) is 8.41. The van der Waals surface area contributed by atoms with Gasteiger partial charge in [0.15, 0.2) is 5.13 Å². The van der Waals surface area contributed by atoms with Crippen molar-refractivity contribution in [2.75, 3.05) is 18.0 Å². The molecule has 1 aliphatic carbocycles. The van der Waals surface area contributed by atoms with Gasteiger partial charge in [-0.1, -0.05) is 23.8 Å². The van der Waals surface area contributed by atoms with Gasteiger partial charge in [0.25, 0.3) is 0 Å². The Kier molecular flexibility index (Phi) is 5.51. The van der Waals surface area contributed by atoms with E-state index < -0.39 is 0 Å². The summed E-state index contributed by atoms with van der Waals surface area (Å²) in [5.74, 6) is 0. The molecule has 0 atom stereocenters. The first-order valence-electron chi connectivity index (χ1n) is 10.7. The predicted octanol–water partition coefficient (Wildman–Crippen LogP) is 6.66. The van der Waals surface area contributed by atoms with E-state index in [1.165, 1.54) is 59.8 Å². The van der Waals surface area contributed by atoms with Gasteiger partial charge in [0.05, 0.1) is 5.69 Å². The summed E-state index contributed by atoms with van der Waals surface area (Å²) >= 11 is 3.69. The van der Waals surface area contributed by atoms with Gasteiger partial charge in [-0.2, -0.15) is 0 Å². The number of anilines is 1. The van der Waals surface area contributed by atoms with Crippen LogP contribution in [-0.2, 0) is 12.8 Å². The van der Waals surface area contributed by atoms with Crippen molar-refractivity contribution in [3.05, 3.63) is 57.0 Å². The Hall–Kier alpha value is -1.98. The van der Waals surface area contributed by atoms with Crippen LogP contribution < -0.4 is 4.90 Å². The number of aromatic nitrogens is 1. The van der Waals surface area contributed by atoms with Gasteiger partial charge in [0.1, 0.15) is 5.00 Å². The number of nitrogens with zero attached hydrogens (tertiary/aromatic N) is 3. The Balaban J connectivity index is 1.43. The summed E-state index contributed by atoms with van der Waals surface area (Å²) in [6, 6.07) is 0. The molecule has 0 saturated carbocycles. The van der Waals surface area contributed by atoms with Gasteiger partial charge >= 0.3 is 0 Å². The summed E-state index contributed by atoms with van der Waals surface area (Å²) in [6.45, 7) is 4.25. The molecule has 0 spiro atoms. The number of rotatable bonds is 2. The first kappa shape index (κ1) is 19.0. The molecule has 1 saturated heterocycles. The van der Waals surface area contributed by atoms with E-state index in [9.17, 15) is 0 Å². The average molecular weight is 422 g/mol. The van der Waals surface area contributed by atoms with Crippen LogP contribution in [0, 0.1) is 6.92 Å². The lowest BCUT2D eigenvalue weighted by molar-refractivity contribution is 0.696. The lowest BCUT2D eigenvalue weighted by Crippen LogP contribution is -2.23. The van der Waals surface area contributed by atoms with Crippen molar-refractivity contribution in [1.82, 2.24) is 4.98 Å². The van der Waals surface area contributed by atoms with Crippen molar-refractivity contribution in [2.45, 2.75) is 51.9 Å². The molecule has 2 aromatic rings. The number of hydrogen-bond donors (Lipinski definition) is 0. The van der Waals surface area contributed by atoms with Gasteiger partial charge in [0, 0.05) is 35.1 Å². The molecule has 2 aliphatic heterocycles. The van der Waals surface area contributed by atoms with E-state index in [2.05, 4.69) is 41.5 Å². The van der Waals surface area contributed by atoms with Crippen LogP contribution in [0.1, 0.15) is 53.8 Å². The fourth-order valence-corrected chi connectivity index (χ4v) is 6.64. The molecule has 0 N–H and O–H groups in total. The van der Waals surface area contributed by atoms with Gasteiger partial charge in [-0.15, -0.1) is 22.7 Å². The van der Waals surface area contributed by atoms with Crippen LogP contribution in [0.15, 0.2) is 40.2 Å². The normalized spacial score (nSPS) is 23.6. The highest BCUT2D eigenvalue weighted by molar-refractivity contribution is 7.16. The molecule has 5 heteroatoms. The zero-order valence-corrected chi connectivity index (χ0v) is 18.6. The van der Waals surface area contributed by atoms with E-state index in [0.29, 0.717) is 0 Å². The summed E-state index contributed by atoms with van der Waals surface area (Å²) < 4.78 is 0. The van der Waals surface area contributed by atoms with E-state index in [0.717, 1.165) is 25.2 Å². The minimum atomic E-state index is 1.06. The van der Waals surface area contributed by atoms with Crippen LogP contribution in [0.3, 0.4) is 0 Å². The molecule has 3 aliphatic rings. The number of thiophene rings is 1. The monoisotopic (exact) mass is 421 g/mol. The summed E-state index contributed by atoms with van der Waals surface area (Å²) in [6.07, 6.45) is 19.5. The molecular formula is C24H27N3S2. The third-order valence-corrected chi connectivity index (χ3v) is 8.19. The average Bonchev–Trinajstić information content (AvgIpc) is 3.21. The molecule has 4 heterocycles. The standard InChI is InChI=1S/C24H27N3S2/c1-17-16-28-24(26-17)27-13-6-7-18(11-14-27)15-19-8-4-5-12-25-23-22(19)20-9-2-3-10-21(20)29-23/h4-5,8,12,15-16H,2-3,6-7,9-11,13-14H2,1H3/b5-4+,8-4?,12-5?,18-15-,19-8+,22-19?,25-12?,25-23?. The fourth-order valence-electron chi connectivity index (χ4n) is 4.52. The fraction of sp³-hybridized carbons (Fsp3) is 0.417.